The van der Waals surface area contributed by atoms with E-state index >= 15 is 0 Å². The Bertz CT molecular complexity index is 187. The lowest BCUT2D eigenvalue weighted by Crippen LogP contribution is -2.34. The van der Waals surface area contributed by atoms with Crippen LogP contribution in [0.15, 0.2) is 12.7 Å². The Balaban J connectivity index is 4.68. The van der Waals surface area contributed by atoms with Gasteiger partial charge in [0.25, 0.3) is 0 Å². The van der Waals surface area contributed by atoms with Crippen molar-refractivity contribution < 1.29 is 9.90 Å². The Morgan fingerprint density at radius 3 is 2.38 bits per heavy atom. The van der Waals surface area contributed by atoms with Crippen LogP contribution in [0.2, 0.25) is 0 Å². The predicted octanol–water partition coefficient (Wildman–Crippen LogP) is 3.09. The fourth-order valence-corrected chi connectivity index (χ4v) is 1.58. The summed E-state index contributed by atoms with van der Waals surface area (Å²) in [5, 5.41) is 9.11. The molecule has 2 nitrogen and oxygen atoms in total. The third-order valence-corrected chi connectivity index (χ3v) is 2.93. The first kappa shape index (κ1) is 12.2. The van der Waals surface area contributed by atoms with Gasteiger partial charge in [-0.15, -0.1) is 6.58 Å². The lowest BCUT2D eigenvalue weighted by atomic mass is 9.73. The van der Waals surface area contributed by atoms with Crippen molar-refractivity contribution in [2.75, 3.05) is 0 Å². The van der Waals surface area contributed by atoms with Crippen molar-refractivity contribution in [3.05, 3.63) is 12.7 Å². The van der Waals surface area contributed by atoms with E-state index in [0.717, 1.165) is 12.8 Å². The maximum absolute atomic E-state index is 11.1. The Kier molecular flexibility index (Phi) is 4.74. The van der Waals surface area contributed by atoms with Gasteiger partial charge >= 0.3 is 5.97 Å². The summed E-state index contributed by atoms with van der Waals surface area (Å²) in [7, 11) is 0. The van der Waals surface area contributed by atoms with Gasteiger partial charge < -0.3 is 5.11 Å². The van der Waals surface area contributed by atoms with E-state index in [9.17, 15) is 4.79 Å². The van der Waals surface area contributed by atoms with Gasteiger partial charge in [-0.25, -0.2) is 0 Å². The highest BCUT2D eigenvalue weighted by molar-refractivity contribution is 5.74. The molecule has 76 valence electrons. The Morgan fingerprint density at radius 2 is 2.15 bits per heavy atom. The molecule has 0 aromatic rings. The second-order valence-corrected chi connectivity index (χ2v) is 3.71. The minimum Gasteiger partial charge on any atom is -0.481 e. The topological polar surface area (TPSA) is 37.3 Å². The molecule has 2 atom stereocenters. The van der Waals surface area contributed by atoms with Crippen LogP contribution in [0.1, 0.15) is 40.0 Å². The molecule has 0 fully saturated rings. The maximum atomic E-state index is 11.1. The summed E-state index contributed by atoms with van der Waals surface area (Å²) in [5.41, 5.74) is -0.641. The molecule has 0 saturated heterocycles. The van der Waals surface area contributed by atoms with Crippen LogP contribution < -0.4 is 0 Å². The Hall–Kier alpha value is -0.790. The van der Waals surface area contributed by atoms with Gasteiger partial charge in [-0.2, -0.15) is 0 Å². The van der Waals surface area contributed by atoms with E-state index in [1.165, 1.54) is 0 Å². The van der Waals surface area contributed by atoms with E-state index in [-0.39, 0.29) is 5.92 Å². The lowest BCUT2D eigenvalue weighted by Gasteiger charge is -2.30. The molecule has 0 radical (unpaired) electrons. The molecular formula is C11H20O2. The second kappa shape index (κ2) is 5.05. The minimum atomic E-state index is -0.714. The summed E-state index contributed by atoms with van der Waals surface area (Å²) < 4.78 is 0. The number of hydrogen-bond donors (Lipinski definition) is 1. The normalized spacial score (nSPS) is 17.5. The molecule has 1 N–H and O–H groups in total. The van der Waals surface area contributed by atoms with Crippen LogP contribution in [0.5, 0.6) is 0 Å². The summed E-state index contributed by atoms with van der Waals surface area (Å²) in [6, 6.07) is 0. The van der Waals surface area contributed by atoms with E-state index in [2.05, 4.69) is 13.5 Å². The van der Waals surface area contributed by atoms with Crippen molar-refractivity contribution in [2.24, 2.45) is 11.3 Å². The molecule has 0 aromatic carbocycles. The number of carboxylic acids is 1. The SMILES string of the molecule is C=CC(CCC)C(C)(CC)C(=O)O. The van der Waals surface area contributed by atoms with Crippen LogP contribution >= 0.6 is 0 Å². The standard InChI is InChI=1S/C11H20O2/c1-5-8-9(6-2)11(4,7-3)10(12)13/h6,9H,2,5,7-8H2,1,3-4H3,(H,12,13). The molecule has 2 heteroatoms. The average Bonchev–Trinajstić information content (AvgIpc) is 2.12. The van der Waals surface area contributed by atoms with Gasteiger partial charge in [0.1, 0.15) is 0 Å². The molecule has 0 aliphatic carbocycles. The summed E-state index contributed by atoms with van der Waals surface area (Å²) in [6.45, 7) is 9.50. The van der Waals surface area contributed by atoms with Gasteiger partial charge in [0.2, 0.25) is 0 Å². The lowest BCUT2D eigenvalue weighted by molar-refractivity contribution is -0.150. The predicted molar refractivity (Wildman–Crippen MR) is 54.6 cm³/mol. The number of carbonyl (C=O) groups is 1. The Morgan fingerprint density at radius 1 is 1.62 bits per heavy atom. The van der Waals surface area contributed by atoms with Crippen molar-refractivity contribution >= 4 is 5.97 Å². The highest BCUT2D eigenvalue weighted by Gasteiger charge is 2.37. The molecule has 0 heterocycles. The fraction of sp³-hybridized carbons (Fsp3) is 0.727. The molecule has 0 saturated carbocycles. The third kappa shape index (κ3) is 2.58. The van der Waals surface area contributed by atoms with Crippen LogP contribution in [-0.4, -0.2) is 11.1 Å². The number of aliphatic carboxylic acids is 1. The molecule has 0 aromatic heterocycles. The molecule has 0 rings (SSSR count). The monoisotopic (exact) mass is 184 g/mol. The van der Waals surface area contributed by atoms with Crippen LogP contribution in [0.4, 0.5) is 0 Å². The largest absolute Gasteiger partial charge is 0.481 e. The Labute approximate surface area is 80.7 Å². The first-order valence-electron chi connectivity index (χ1n) is 4.88. The highest BCUT2D eigenvalue weighted by atomic mass is 16.4. The van der Waals surface area contributed by atoms with Gasteiger partial charge in [-0.05, 0) is 25.7 Å². The van der Waals surface area contributed by atoms with E-state index in [1.54, 1.807) is 13.0 Å². The zero-order valence-corrected chi connectivity index (χ0v) is 8.84. The van der Waals surface area contributed by atoms with E-state index in [4.69, 9.17) is 5.11 Å². The van der Waals surface area contributed by atoms with E-state index in [1.807, 2.05) is 6.92 Å². The number of hydrogen-bond acceptors (Lipinski definition) is 1. The van der Waals surface area contributed by atoms with Gasteiger partial charge in [0, 0.05) is 0 Å². The summed E-state index contributed by atoms with van der Waals surface area (Å²) in [5.74, 6) is -0.631. The minimum absolute atomic E-state index is 0.0833. The van der Waals surface area contributed by atoms with Crippen LogP contribution in [-0.2, 0) is 4.79 Å². The van der Waals surface area contributed by atoms with Crippen molar-refractivity contribution in [1.82, 2.24) is 0 Å². The molecule has 0 aliphatic rings. The average molecular weight is 184 g/mol. The molecule has 2 unspecified atom stereocenters. The number of rotatable bonds is 6. The summed E-state index contributed by atoms with van der Waals surface area (Å²) in [6.07, 6.45) is 4.33. The maximum Gasteiger partial charge on any atom is 0.309 e. The quantitative estimate of drug-likeness (QED) is 0.644. The van der Waals surface area contributed by atoms with E-state index in [0.29, 0.717) is 6.42 Å². The van der Waals surface area contributed by atoms with Crippen molar-refractivity contribution in [3.63, 3.8) is 0 Å². The molecule has 13 heavy (non-hydrogen) atoms. The highest BCUT2D eigenvalue weighted by Crippen LogP contribution is 2.35. The van der Waals surface area contributed by atoms with Gasteiger partial charge in [-0.1, -0.05) is 26.3 Å². The molecular weight excluding hydrogens is 164 g/mol. The fourth-order valence-electron chi connectivity index (χ4n) is 1.58. The smallest absolute Gasteiger partial charge is 0.309 e. The van der Waals surface area contributed by atoms with Crippen LogP contribution in [0, 0.1) is 11.3 Å². The summed E-state index contributed by atoms with van der Waals surface area (Å²) in [4.78, 5) is 11.1. The second-order valence-electron chi connectivity index (χ2n) is 3.71. The van der Waals surface area contributed by atoms with Crippen LogP contribution in [0.25, 0.3) is 0 Å². The van der Waals surface area contributed by atoms with Crippen molar-refractivity contribution in [3.8, 4) is 0 Å². The van der Waals surface area contributed by atoms with Crippen molar-refractivity contribution in [2.45, 2.75) is 40.0 Å². The first-order valence-corrected chi connectivity index (χ1v) is 4.88. The molecule has 0 amide bonds. The number of carboxylic acid groups (broad SMARTS) is 1. The number of allylic oxidation sites excluding steroid dienone is 1. The van der Waals surface area contributed by atoms with Crippen molar-refractivity contribution in [1.29, 1.82) is 0 Å². The first-order chi connectivity index (χ1) is 6.02. The van der Waals surface area contributed by atoms with E-state index < -0.39 is 11.4 Å². The van der Waals surface area contributed by atoms with Gasteiger partial charge in [-0.3, -0.25) is 4.79 Å². The zero-order valence-electron chi connectivity index (χ0n) is 8.84. The molecule has 0 spiro atoms. The summed E-state index contributed by atoms with van der Waals surface area (Å²) >= 11 is 0. The molecule has 0 bridgehead atoms. The van der Waals surface area contributed by atoms with Gasteiger partial charge in [0.05, 0.1) is 5.41 Å². The zero-order chi connectivity index (χ0) is 10.5. The molecule has 0 aliphatic heterocycles. The van der Waals surface area contributed by atoms with Crippen LogP contribution in [0.3, 0.4) is 0 Å². The third-order valence-electron chi connectivity index (χ3n) is 2.93. The van der Waals surface area contributed by atoms with Gasteiger partial charge in [0.15, 0.2) is 0 Å².